The van der Waals surface area contributed by atoms with Gasteiger partial charge in [0.05, 0.1) is 0 Å². The quantitative estimate of drug-likeness (QED) is 0.790. The first kappa shape index (κ1) is 16.8. The Morgan fingerprint density at radius 3 is 2.60 bits per heavy atom. The van der Waals surface area contributed by atoms with Crippen LogP contribution in [0.1, 0.15) is 23.7 Å². The molecular formula is C19H20N2O4. The number of fused-ring (bicyclic) bond motifs is 1. The average Bonchev–Trinajstić information content (AvgIpc) is 2.62. The Labute approximate surface area is 146 Å². The summed E-state index contributed by atoms with van der Waals surface area (Å²) in [6.07, 6.45) is 0.304. The summed E-state index contributed by atoms with van der Waals surface area (Å²) in [5, 5.41) is 5.99. The first-order valence-corrected chi connectivity index (χ1v) is 8.16. The molecule has 0 saturated carbocycles. The molecule has 0 fully saturated rings. The highest BCUT2D eigenvalue weighted by Gasteiger charge is 2.11. The van der Waals surface area contributed by atoms with Crippen LogP contribution in [0.15, 0.2) is 42.5 Å². The number of ketones is 1. The summed E-state index contributed by atoms with van der Waals surface area (Å²) in [5.41, 5.74) is 2.07. The van der Waals surface area contributed by atoms with Crippen LogP contribution in [-0.4, -0.2) is 31.4 Å². The lowest BCUT2D eigenvalue weighted by Crippen LogP contribution is -2.17. The number of Topliss-reactive ketones (excluding diaryl/α,β-unsaturated/α-hetero) is 1. The standard InChI is InChI=1S/C19H20N2O4/c1-13(22)14-3-2-4-16(11-14)21-19(23)7-8-20-15-5-6-17-18(12-15)25-10-9-24-17/h2-6,11-12,20H,7-10H2,1H3,(H,21,23). The topological polar surface area (TPSA) is 76.7 Å². The van der Waals surface area contributed by atoms with Gasteiger partial charge in [0.15, 0.2) is 17.3 Å². The van der Waals surface area contributed by atoms with E-state index in [1.165, 1.54) is 6.92 Å². The molecule has 130 valence electrons. The highest BCUT2D eigenvalue weighted by atomic mass is 16.6. The minimum Gasteiger partial charge on any atom is -0.486 e. The molecule has 6 heteroatoms. The van der Waals surface area contributed by atoms with Gasteiger partial charge in [-0.15, -0.1) is 0 Å². The van der Waals surface area contributed by atoms with Crippen molar-refractivity contribution in [2.24, 2.45) is 0 Å². The lowest BCUT2D eigenvalue weighted by atomic mass is 10.1. The van der Waals surface area contributed by atoms with Gasteiger partial charge in [-0.1, -0.05) is 12.1 Å². The molecule has 0 atom stereocenters. The molecule has 1 amide bonds. The second-order valence-corrected chi connectivity index (χ2v) is 5.72. The van der Waals surface area contributed by atoms with E-state index in [2.05, 4.69) is 10.6 Å². The summed E-state index contributed by atoms with van der Waals surface area (Å²) in [6.45, 7) is 3.08. The van der Waals surface area contributed by atoms with E-state index in [1.54, 1.807) is 24.3 Å². The first-order chi connectivity index (χ1) is 12.1. The van der Waals surface area contributed by atoms with E-state index in [9.17, 15) is 9.59 Å². The first-order valence-electron chi connectivity index (χ1n) is 8.16. The molecule has 0 unspecified atom stereocenters. The Morgan fingerprint density at radius 1 is 1.00 bits per heavy atom. The third-order valence-corrected chi connectivity index (χ3v) is 3.78. The maximum absolute atomic E-state index is 12.0. The van der Waals surface area contributed by atoms with Crippen LogP contribution >= 0.6 is 0 Å². The fraction of sp³-hybridized carbons (Fsp3) is 0.263. The summed E-state index contributed by atoms with van der Waals surface area (Å²) in [6, 6.07) is 12.5. The zero-order valence-electron chi connectivity index (χ0n) is 14.0. The molecule has 0 aliphatic carbocycles. The molecule has 6 nitrogen and oxygen atoms in total. The number of carbonyl (C=O) groups excluding carboxylic acids is 2. The molecule has 1 aliphatic heterocycles. The van der Waals surface area contributed by atoms with Crippen LogP contribution in [0.2, 0.25) is 0 Å². The monoisotopic (exact) mass is 340 g/mol. The highest BCUT2D eigenvalue weighted by Crippen LogP contribution is 2.32. The summed E-state index contributed by atoms with van der Waals surface area (Å²) < 4.78 is 11.0. The normalized spacial score (nSPS) is 12.4. The predicted molar refractivity (Wildman–Crippen MR) is 95.6 cm³/mol. The Kier molecular flexibility index (Phi) is 5.18. The third kappa shape index (κ3) is 4.50. The zero-order valence-corrected chi connectivity index (χ0v) is 14.0. The molecule has 0 aromatic heterocycles. The van der Waals surface area contributed by atoms with Crippen molar-refractivity contribution >= 4 is 23.1 Å². The van der Waals surface area contributed by atoms with Crippen LogP contribution < -0.4 is 20.1 Å². The Balaban J connectivity index is 1.49. The van der Waals surface area contributed by atoms with Crippen molar-refractivity contribution in [2.45, 2.75) is 13.3 Å². The van der Waals surface area contributed by atoms with Crippen LogP contribution in [0, 0.1) is 0 Å². The van der Waals surface area contributed by atoms with Crippen LogP contribution in [0.5, 0.6) is 11.5 Å². The molecule has 0 spiro atoms. The van der Waals surface area contributed by atoms with Crippen LogP contribution in [-0.2, 0) is 4.79 Å². The van der Waals surface area contributed by atoms with Gasteiger partial charge in [-0.2, -0.15) is 0 Å². The number of benzene rings is 2. The van der Waals surface area contributed by atoms with Crippen LogP contribution in [0.25, 0.3) is 0 Å². The van der Waals surface area contributed by atoms with Gasteiger partial charge < -0.3 is 20.1 Å². The van der Waals surface area contributed by atoms with Crippen molar-refractivity contribution in [2.75, 3.05) is 30.4 Å². The van der Waals surface area contributed by atoms with Gasteiger partial charge in [0.1, 0.15) is 13.2 Å². The Hall–Kier alpha value is -3.02. The van der Waals surface area contributed by atoms with Gasteiger partial charge in [-0.05, 0) is 31.2 Å². The molecule has 0 radical (unpaired) electrons. The maximum Gasteiger partial charge on any atom is 0.226 e. The molecule has 1 aliphatic rings. The molecule has 2 aromatic carbocycles. The van der Waals surface area contributed by atoms with Gasteiger partial charge in [-0.25, -0.2) is 0 Å². The molecule has 0 bridgehead atoms. The summed E-state index contributed by atoms with van der Waals surface area (Å²) in [5.74, 6) is 1.30. The van der Waals surface area contributed by atoms with Crippen LogP contribution in [0.3, 0.4) is 0 Å². The summed E-state index contributed by atoms with van der Waals surface area (Å²) >= 11 is 0. The third-order valence-electron chi connectivity index (χ3n) is 3.78. The molecule has 25 heavy (non-hydrogen) atoms. The van der Waals surface area contributed by atoms with Crippen molar-refractivity contribution in [3.63, 3.8) is 0 Å². The minimum atomic E-state index is -0.120. The fourth-order valence-electron chi connectivity index (χ4n) is 2.51. The van der Waals surface area contributed by atoms with E-state index in [-0.39, 0.29) is 11.7 Å². The smallest absolute Gasteiger partial charge is 0.226 e. The maximum atomic E-state index is 12.0. The van der Waals surface area contributed by atoms with E-state index < -0.39 is 0 Å². The zero-order chi connectivity index (χ0) is 17.6. The van der Waals surface area contributed by atoms with Crippen molar-refractivity contribution in [3.05, 3.63) is 48.0 Å². The lowest BCUT2D eigenvalue weighted by Gasteiger charge is -2.19. The van der Waals surface area contributed by atoms with Crippen molar-refractivity contribution in [1.29, 1.82) is 0 Å². The van der Waals surface area contributed by atoms with Gasteiger partial charge in [0.2, 0.25) is 5.91 Å². The SMILES string of the molecule is CC(=O)c1cccc(NC(=O)CCNc2ccc3c(c2)OCCO3)c1. The van der Waals surface area contributed by atoms with Gasteiger partial charge >= 0.3 is 0 Å². The van der Waals surface area contributed by atoms with Gasteiger partial charge in [0, 0.05) is 36.0 Å². The Bertz CT molecular complexity index is 789. The average molecular weight is 340 g/mol. The fourth-order valence-corrected chi connectivity index (χ4v) is 2.51. The number of hydrogen-bond donors (Lipinski definition) is 2. The number of nitrogens with one attached hydrogen (secondary N) is 2. The van der Waals surface area contributed by atoms with E-state index in [0.29, 0.717) is 43.2 Å². The molecule has 2 N–H and O–H groups in total. The molecular weight excluding hydrogens is 320 g/mol. The molecule has 3 rings (SSSR count). The number of hydrogen-bond acceptors (Lipinski definition) is 5. The largest absolute Gasteiger partial charge is 0.486 e. The minimum absolute atomic E-state index is 0.0311. The van der Waals surface area contributed by atoms with Crippen LogP contribution in [0.4, 0.5) is 11.4 Å². The predicted octanol–water partition coefficient (Wildman–Crippen LogP) is 3.10. The number of rotatable bonds is 6. The van der Waals surface area contributed by atoms with E-state index in [0.717, 1.165) is 11.4 Å². The van der Waals surface area contributed by atoms with E-state index >= 15 is 0 Å². The number of ether oxygens (including phenoxy) is 2. The number of carbonyl (C=O) groups is 2. The van der Waals surface area contributed by atoms with Gasteiger partial charge in [0.25, 0.3) is 0 Å². The number of anilines is 2. The van der Waals surface area contributed by atoms with Gasteiger partial charge in [-0.3, -0.25) is 9.59 Å². The second-order valence-electron chi connectivity index (χ2n) is 5.72. The Morgan fingerprint density at radius 2 is 1.80 bits per heavy atom. The van der Waals surface area contributed by atoms with E-state index in [1.807, 2.05) is 18.2 Å². The number of amides is 1. The summed E-state index contributed by atoms with van der Waals surface area (Å²) in [7, 11) is 0. The highest BCUT2D eigenvalue weighted by molar-refractivity contribution is 5.97. The molecule has 2 aromatic rings. The van der Waals surface area contributed by atoms with Crippen molar-refractivity contribution < 1.29 is 19.1 Å². The molecule has 0 saturated heterocycles. The lowest BCUT2D eigenvalue weighted by molar-refractivity contribution is -0.115. The second kappa shape index (κ2) is 7.70. The van der Waals surface area contributed by atoms with Crippen molar-refractivity contribution in [3.8, 4) is 11.5 Å². The van der Waals surface area contributed by atoms with Crippen molar-refractivity contribution in [1.82, 2.24) is 0 Å². The molecule has 1 heterocycles. The summed E-state index contributed by atoms with van der Waals surface area (Å²) in [4.78, 5) is 23.4. The van der Waals surface area contributed by atoms with E-state index in [4.69, 9.17) is 9.47 Å².